The summed E-state index contributed by atoms with van der Waals surface area (Å²) in [4.78, 5) is 4.06. The monoisotopic (exact) mass is 239 g/mol. The van der Waals surface area contributed by atoms with Crippen molar-refractivity contribution in [2.24, 2.45) is 0 Å². The van der Waals surface area contributed by atoms with Crippen LogP contribution in [0.1, 0.15) is 16.7 Å². The molecule has 0 fully saturated rings. The Kier molecular flexibility index (Phi) is 3.16. The Morgan fingerprint density at radius 2 is 2.06 bits per heavy atom. The van der Waals surface area contributed by atoms with Crippen LogP contribution in [0.5, 0.6) is 11.6 Å². The molecule has 0 aliphatic heterocycles. The lowest BCUT2D eigenvalue weighted by atomic mass is 10.1. The Hall–Kier alpha value is -2.54. The van der Waals surface area contributed by atoms with Gasteiger partial charge in [0.25, 0.3) is 0 Å². The molecule has 1 heterocycles. The zero-order valence-corrected chi connectivity index (χ0v) is 10.3. The van der Waals surface area contributed by atoms with Crippen molar-refractivity contribution in [3.05, 3.63) is 47.2 Å². The molecule has 0 saturated carbocycles. The van der Waals surface area contributed by atoms with E-state index in [4.69, 9.17) is 15.7 Å². The van der Waals surface area contributed by atoms with Gasteiger partial charge in [-0.1, -0.05) is 0 Å². The summed E-state index contributed by atoms with van der Waals surface area (Å²) >= 11 is 0. The lowest BCUT2D eigenvalue weighted by Gasteiger charge is -2.11. The smallest absolute Gasteiger partial charge is 0.237 e. The molecule has 0 bridgehead atoms. The van der Waals surface area contributed by atoms with Gasteiger partial charge in [-0.05, 0) is 49.2 Å². The molecule has 2 rings (SSSR count). The average Bonchev–Trinajstić information content (AvgIpc) is 2.36. The Labute approximate surface area is 106 Å². The van der Waals surface area contributed by atoms with Crippen molar-refractivity contribution in [2.45, 2.75) is 13.8 Å². The van der Waals surface area contributed by atoms with Gasteiger partial charge < -0.3 is 10.5 Å². The van der Waals surface area contributed by atoms with Crippen LogP contribution < -0.4 is 10.5 Å². The lowest BCUT2D eigenvalue weighted by molar-refractivity contribution is 0.457. The van der Waals surface area contributed by atoms with E-state index in [2.05, 4.69) is 4.98 Å². The number of aromatic nitrogens is 1. The van der Waals surface area contributed by atoms with Crippen LogP contribution in [0.3, 0.4) is 0 Å². The summed E-state index contributed by atoms with van der Waals surface area (Å²) in [6.45, 7) is 3.81. The summed E-state index contributed by atoms with van der Waals surface area (Å²) in [5, 5.41) is 8.97. The molecule has 4 nitrogen and oxygen atoms in total. The van der Waals surface area contributed by atoms with Gasteiger partial charge in [0.15, 0.2) is 0 Å². The van der Waals surface area contributed by atoms with Gasteiger partial charge in [-0.3, -0.25) is 0 Å². The average molecular weight is 239 g/mol. The van der Waals surface area contributed by atoms with Crippen LogP contribution in [-0.4, -0.2) is 4.98 Å². The van der Waals surface area contributed by atoms with Gasteiger partial charge in [-0.15, -0.1) is 0 Å². The summed E-state index contributed by atoms with van der Waals surface area (Å²) in [7, 11) is 0. The molecule has 0 aliphatic carbocycles. The molecule has 0 aliphatic rings. The fraction of sp³-hybridized carbons (Fsp3) is 0.143. The first-order valence-electron chi connectivity index (χ1n) is 5.51. The Morgan fingerprint density at radius 1 is 1.28 bits per heavy atom. The van der Waals surface area contributed by atoms with Crippen molar-refractivity contribution < 1.29 is 4.74 Å². The number of ether oxygens (including phenoxy) is 1. The van der Waals surface area contributed by atoms with Gasteiger partial charge >= 0.3 is 0 Å². The molecular formula is C14H13N3O. The Bertz CT molecular complexity index is 629. The third kappa shape index (κ3) is 2.25. The van der Waals surface area contributed by atoms with Crippen molar-refractivity contribution in [1.29, 1.82) is 5.26 Å². The fourth-order valence-electron chi connectivity index (χ4n) is 1.58. The van der Waals surface area contributed by atoms with Crippen LogP contribution >= 0.6 is 0 Å². The second-order valence-corrected chi connectivity index (χ2v) is 4.04. The third-order valence-corrected chi connectivity index (χ3v) is 2.66. The van der Waals surface area contributed by atoms with Gasteiger partial charge in [-0.25, -0.2) is 4.98 Å². The van der Waals surface area contributed by atoms with Gasteiger partial charge in [0.05, 0.1) is 0 Å². The SMILES string of the molecule is Cc1cc(Oc2ncccc2C#N)c(C)cc1N. The summed E-state index contributed by atoms with van der Waals surface area (Å²) < 4.78 is 5.68. The highest BCUT2D eigenvalue weighted by Gasteiger charge is 2.09. The summed E-state index contributed by atoms with van der Waals surface area (Å²) in [6.07, 6.45) is 1.59. The number of aryl methyl sites for hydroxylation is 2. The van der Waals surface area contributed by atoms with Crippen LogP contribution in [0.2, 0.25) is 0 Å². The van der Waals surface area contributed by atoms with Gasteiger partial charge in [0.1, 0.15) is 17.4 Å². The van der Waals surface area contributed by atoms with Crippen molar-refractivity contribution in [1.82, 2.24) is 4.98 Å². The number of hydrogen-bond acceptors (Lipinski definition) is 4. The summed E-state index contributed by atoms with van der Waals surface area (Å²) in [5.41, 5.74) is 8.79. The number of nitrogens with zero attached hydrogens (tertiary/aromatic N) is 2. The van der Waals surface area contributed by atoms with Crippen molar-refractivity contribution in [2.75, 3.05) is 5.73 Å². The summed E-state index contributed by atoms with van der Waals surface area (Å²) in [5.74, 6) is 0.976. The van der Waals surface area contributed by atoms with Crippen LogP contribution in [0.25, 0.3) is 0 Å². The first-order chi connectivity index (χ1) is 8.61. The van der Waals surface area contributed by atoms with Crippen molar-refractivity contribution in [3.8, 4) is 17.7 Å². The number of pyridine rings is 1. The normalized spacial score (nSPS) is 9.83. The van der Waals surface area contributed by atoms with E-state index >= 15 is 0 Å². The zero-order valence-electron chi connectivity index (χ0n) is 10.3. The molecule has 0 unspecified atom stereocenters. The number of anilines is 1. The molecule has 1 aromatic heterocycles. The molecule has 0 radical (unpaired) electrons. The van der Waals surface area contributed by atoms with Crippen molar-refractivity contribution in [3.63, 3.8) is 0 Å². The van der Waals surface area contributed by atoms with Crippen LogP contribution in [0.4, 0.5) is 5.69 Å². The third-order valence-electron chi connectivity index (χ3n) is 2.66. The number of nitrogens with two attached hydrogens (primary N) is 1. The van der Waals surface area contributed by atoms with E-state index in [1.807, 2.05) is 32.0 Å². The van der Waals surface area contributed by atoms with Gasteiger partial charge in [0.2, 0.25) is 5.88 Å². The van der Waals surface area contributed by atoms with Crippen molar-refractivity contribution >= 4 is 5.69 Å². The van der Waals surface area contributed by atoms with E-state index in [0.29, 0.717) is 17.2 Å². The number of benzene rings is 1. The molecule has 4 heteroatoms. The second kappa shape index (κ2) is 4.76. The molecule has 0 atom stereocenters. The number of rotatable bonds is 2. The van der Waals surface area contributed by atoms with E-state index in [1.54, 1.807) is 18.3 Å². The summed E-state index contributed by atoms with van der Waals surface area (Å²) in [6, 6.07) is 9.11. The highest BCUT2D eigenvalue weighted by molar-refractivity contribution is 5.54. The first-order valence-corrected chi connectivity index (χ1v) is 5.51. The predicted molar refractivity (Wildman–Crippen MR) is 69.4 cm³/mol. The Morgan fingerprint density at radius 3 is 2.78 bits per heavy atom. The van der Waals surface area contributed by atoms with E-state index in [9.17, 15) is 0 Å². The molecule has 18 heavy (non-hydrogen) atoms. The molecule has 2 aromatic rings. The highest BCUT2D eigenvalue weighted by Crippen LogP contribution is 2.29. The molecule has 0 saturated heterocycles. The number of nitriles is 1. The topological polar surface area (TPSA) is 71.9 Å². The highest BCUT2D eigenvalue weighted by atomic mass is 16.5. The molecule has 0 amide bonds. The molecule has 1 aromatic carbocycles. The largest absolute Gasteiger partial charge is 0.437 e. The zero-order chi connectivity index (χ0) is 13.1. The number of nitrogen functional groups attached to an aromatic ring is 1. The quantitative estimate of drug-likeness (QED) is 0.818. The van der Waals surface area contributed by atoms with Crippen LogP contribution in [-0.2, 0) is 0 Å². The predicted octanol–water partition coefficient (Wildman–Crippen LogP) is 2.94. The van der Waals surface area contributed by atoms with Crippen LogP contribution in [0, 0.1) is 25.2 Å². The van der Waals surface area contributed by atoms with E-state index in [-0.39, 0.29) is 0 Å². The molecule has 0 spiro atoms. The standard InChI is InChI=1S/C14H13N3O/c1-9-7-13(10(2)6-12(9)16)18-14-11(8-15)4-3-5-17-14/h3-7H,16H2,1-2H3. The van der Waals surface area contributed by atoms with E-state index in [0.717, 1.165) is 16.8 Å². The number of hydrogen-bond donors (Lipinski definition) is 1. The minimum atomic E-state index is 0.312. The maximum absolute atomic E-state index is 8.97. The molecule has 2 N–H and O–H groups in total. The second-order valence-electron chi connectivity index (χ2n) is 4.04. The minimum Gasteiger partial charge on any atom is -0.437 e. The van der Waals surface area contributed by atoms with E-state index < -0.39 is 0 Å². The molecular weight excluding hydrogens is 226 g/mol. The Balaban J connectivity index is 2.41. The van der Waals surface area contributed by atoms with E-state index in [1.165, 1.54) is 0 Å². The maximum atomic E-state index is 8.97. The van der Waals surface area contributed by atoms with Gasteiger partial charge in [0, 0.05) is 11.9 Å². The fourth-order valence-corrected chi connectivity index (χ4v) is 1.58. The molecule has 90 valence electrons. The lowest BCUT2D eigenvalue weighted by Crippen LogP contribution is -1.96. The first kappa shape index (κ1) is 11.9. The minimum absolute atomic E-state index is 0.312. The van der Waals surface area contributed by atoms with Crippen LogP contribution in [0.15, 0.2) is 30.5 Å². The maximum Gasteiger partial charge on any atom is 0.237 e. The van der Waals surface area contributed by atoms with Gasteiger partial charge in [-0.2, -0.15) is 5.26 Å².